The largest absolute Gasteiger partial charge is 0.495 e. The maximum absolute atomic E-state index is 12.0. The van der Waals surface area contributed by atoms with Gasteiger partial charge in [0, 0.05) is 5.69 Å². The minimum atomic E-state index is -1.12. The van der Waals surface area contributed by atoms with E-state index < -0.39 is 17.9 Å². The van der Waals surface area contributed by atoms with Crippen molar-refractivity contribution >= 4 is 29.2 Å². The van der Waals surface area contributed by atoms with Gasteiger partial charge in [-0.1, -0.05) is 11.6 Å². The molecule has 2 rings (SSSR count). The van der Waals surface area contributed by atoms with Crippen LogP contribution in [0, 0.1) is 0 Å². The molecule has 1 aromatic heterocycles. The highest BCUT2D eigenvalue weighted by atomic mass is 35.5. The molecular weight excluding hydrogens is 336 g/mol. The maximum atomic E-state index is 12.0. The van der Waals surface area contributed by atoms with Crippen LogP contribution in [0.4, 0.5) is 5.69 Å². The van der Waals surface area contributed by atoms with Gasteiger partial charge in [-0.15, -0.1) is 0 Å². The molecule has 0 saturated carbocycles. The van der Waals surface area contributed by atoms with Crippen LogP contribution in [0.2, 0.25) is 5.02 Å². The van der Waals surface area contributed by atoms with Crippen molar-refractivity contribution in [2.45, 2.75) is 19.0 Å². The molecule has 1 aromatic carbocycles. The minimum absolute atomic E-state index is 0.214. The number of carboxylic acids is 1. The summed E-state index contributed by atoms with van der Waals surface area (Å²) in [6.07, 6.45) is 1.26. The molecule has 1 heterocycles. The van der Waals surface area contributed by atoms with Gasteiger partial charge in [0.25, 0.3) is 0 Å². The molecule has 24 heavy (non-hydrogen) atoms. The summed E-state index contributed by atoms with van der Waals surface area (Å²) in [5, 5.41) is 14.9. The highest BCUT2D eigenvalue weighted by Gasteiger charge is 2.21. The Morgan fingerprint density at radius 1 is 1.38 bits per heavy atom. The minimum Gasteiger partial charge on any atom is -0.495 e. The smallest absolute Gasteiger partial charge is 0.321 e. The highest BCUT2D eigenvalue weighted by Crippen LogP contribution is 2.27. The molecule has 128 valence electrons. The number of methoxy groups -OCH3 is 1. The standard InChI is InChI=1S/C16H17ClN2O5/c1-23-14-5-4-10(7-12(14)17)19-15(20)8-13(16(21)22)18-9-11-3-2-6-24-11/h2-7,13,18H,8-9H2,1H3,(H,19,20)(H,21,22)/t13-/m1/s1. The number of aliphatic carboxylic acids is 1. The van der Waals surface area contributed by atoms with E-state index in [4.69, 9.17) is 20.8 Å². The van der Waals surface area contributed by atoms with Gasteiger partial charge < -0.3 is 19.6 Å². The highest BCUT2D eigenvalue weighted by molar-refractivity contribution is 6.32. The summed E-state index contributed by atoms with van der Waals surface area (Å²) in [5.74, 6) is -0.498. The van der Waals surface area contributed by atoms with Gasteiger partial charge in [0.1, 0.15) is 17.6 Å². The van der Waals surface area contributed by atoms with E-state index in [-0.39, 0.29) is 13.0 Å². The number of carbonyl (C=O) groups is 2. The SMILES string of the molecule is COc1ccc(NC(=O)C[C@@H](NCc2ccco2)C(=O)O)cc1Cl. The summed E-state index contributed by atoms with van der Waals surface area (Å²) in [4.78, 5) is 23.3. The number of benzene rings is 1. The second-order valence-electron chi connectivity index (χ2n) is 4.95. The number of nitrogens with one attached hydrogen (secondary N) is 2. The number of carboxylic acid groups (broad SMARTS) is 1. The molecule has 0 spiro atoms. The summed E-state index contributed by atoms with van der Waals surface area (Å²) in [6.45, 7) is 0.214. The van der Waals surface area contributed by atoms with Crippen LogP contribution in [0.1, 0.15) is 12.2 Å². The Hall–Kier alpha value is -2.51. The zero-order valence-electron chi connectivity index (χ0n) is 12.9. The quantitative estimate of drug-likeness (QED) is 0.675. The average molecular weight is 353 g/mol. The number of hydrogen-bond donors (Lipinski definition) is 3. The third-order valence-electron chi connectivity index (χ3n) is 3.23. The van der Waals surface area contributed by atoms with Gasteiger partial charge in [-0.2, -0.15) is 0 Å². The first-order chi connectivity index (χ1) is 11.5. The van der Waals surface area contributed by atoms with E-state index >= 15 is 0 Å². The summed E-state index contributed by atoms with van der Waals surface area (Å²) in [6, 6.07) is 7.14. The van der Waals surface area contributed by atoms with E-state index in [1.807, 2.05) is 0 Å². The molecule has 0 aliphatic carbocycles. The zero-order chi connectivity index (χ0) is 17.5. The van der Waals surface area contributed by atoms with Crippen LogP contribution in [-0.2, 0) is 16.1 Å². The molecule has 1 atom stereocenters. The molecule has 1 amide bonds. The van der Waals surface area contributed by atoms with E-state index in [1.165, 1.54) is 19.4 Å². The number of rotatable bonds is 8. The molecule has 0 aliphatic rings. The van der Waals surface area contributed by atoms with Crippen molar-refractivity contribution in [1.82, 2.24) is 5.32 Å². The van der Waals surface area contributed by atoms with Gasteiger partial charge in [-0.25, -0.2) is 0 Å². The normalized spacial score (nSPS) is 11.8. The summed E-state index contributed by atoms with van der Waals surface area (Å²) in [7, 11) is 1.49. The van der Waals surface area contributed by atoms with Crippen molar-refractivity contribution in [2.24, 2.45) is 0 Å². The first-order valence-corrected chi connectivity index (χ1v) is 7.49. The van der Waals surface area contributed by atoms with E-state index in [9.17, 15) is 14.7 Å². The predicted octanol–water partition coefficient (Wildman–Crippen LogP) is 2.51. The Labute approximate surface area is 143 Å². The first kappa shape index (κ1) is 17.8. The van der Waals surface area contributed by atoms with Crippen LogP contribution in [0.3, 0.4) is 0 Å². The van der Waals surface area contributed by atoms with Crippen LogP contribution >= 0.6 is 11.6 Å². The molecule has 0 unspecified atom stereocenters. The fourth-order valence-corrected chi connectivity index (χ4v) is 2.28. The molecule has 0 bridgehead atoms. The third kappa shape index (κ3) is 5.00. The lowest BCUT2D eigenvalue weighted by molar-refractivity contribution is -0.141. The molecule has 3 N–H and O–H groups in total. The molecule has 0 fully saturated rings. The van der Waals surface area contributed by atoms with Crippen molar-refractivity contribution in [2.75, 3.05) is 12.4 Å². The number of halogens is 1. The Bertz CT molecular complexity index is 702. The Kier molecular flexibility index (Phi) is 6.22. The van der Waals surface area contributed by atoms with Crippen molar-refractivity contribution in [3.8, 4) is 5.75 Å². The van der Waals surface area contributed by atoms with Crippen LogP contribution in [0.25, 0.3) is 0 Å². The van der Waals surface area contributed by atoms with E-state index in [0.29, 0.717) is 22.2 Å². The maximum Gasteiger partial charge on any atom is 0.321 e. The summed E-state index contributed by atoms with van der Waals surface area (Å²) >= 11 is 5.98. The summed E-state index contributed by atoms with van der Waals surface area (Å²) < 4.78 is 10.1. The monoisotopic (exact) mass is 352 g/mol. The summed E-state index contributed by atoms with van der Waals surface area (Å²) in [5.41, 5.74) is 0.459. The molecule has 7 nitrogen and oxygen atoms in total. The molecule has 2 aromatic rings. The lowest BCUT2D eigenvalue weighted by Gasteiger charge is -2.14. The molecule has 8 heteroatoms. The number of furan rings is 1. The third-order valence-corrected chi connectivity index (χ3v) is 3.52. The average Bonchev–Trinajstić information content (AvgIpc) is 3.04. The van der Waals surface area contributed by atoms with Crippen LogP contribution in [0.15, 0.2) is 41.0 Å². The first-order valence-electron chi connectivity index (χ1n) is 7.11. The van der Waals surface area contributed by atoms with Gasteiger partial charge in [-0.3, -0.25) is 14.9 Å². The zero-order valence-corrected chi connectivity index (χ0v) is 13.7. The lowest BCUT2D eigenvalue weighted by atomic mass is 10.2. The topological polar surface area (TPSA) is 101 Å². The van der Waals surface area contributed by atoms with Crippen LogP contribution < -0.4 is 15.4 Å². The molecular formula is C16H17ClN2O5. The van der Waals surface area contributed by atoms with E-state index in [1.54, 1.807) is 24.3 Å². The van der Waals surface area contributed by atoms with Gasteiger partial charge in [0.15, 0.2) is 0 Å². The number of amides is 1. The fourth-order valence-electron chi connectivity index (χ4n) is 2.03. The Balaban J connectivity index is 1.92. The number of carbonyl (C=O) groups excluding carboxylic acids is 1. The van der Waals surface area contributed by atoms with E-state index in [0.717, 1.165) is 0 Å². The molecule has 0 aliphatic heterocycles. The van der Waals surface area contributed by atoms with Gasteiger partial charge >= 0.3 is 5.97 Å². The van der Waals surface area contributed by atoms with Crippen LogP contribution in [-0.4, -0.2) is 30.1 Å². The van der Waals surface area contributed by atoms with Gasteiger partial charge in [0.05, 0.1) is 31.4 Å². The van der Waals surface area contributed by atoms with Crippen LogP contribution in [0.5, 0.6) is 5.75 Å². The Morgan fingerprint density at radius 3 is 2.75 bits per heavy atom. The van der Waals surface area contributed by atoms with Crippen molar-refractivity contribution < 1.29 is 23.8 Å². The van der Waals surface area contributed by atoms with Crippen molar-refractivity contribution in [1.29, 1.82) is 0 Å². The number of ether oxygens (including phenoxy) is 1. The fraction of sp³-hybridized carbons (Fsp3) is 0.250. The number of hydrogen-bond acceptors (Lipinski definition) is 5. The second kappa shape index (κ2) is 8.37. The lowest BCUT2D eigenvalue weighted by Crippen LogP contribution is -2.39. The van der Waals surface area contributed by atoms with Crippen molar-refractivity contribution in [3.05, 3.63) is 47.4 Å². The number of anilines is 1. The van der Waals surface area contributed by atoms with Crippen molar-refractivity contribution in [3.63, 3.8) is 0 Å². The van der Waals surface area contributed by atoms with E-state index in [2.05, 4.69) is 10.6 Å². The molecule has 0 saturated heterocycles. The van der Waals surface area contributed by atoms with Gasteiger partial charge in [-0.05, 0) is 30.3 Å². The van der Waals surface area contributed by atoms with Gasteiger partial charge in [0.2, 0.25) is 5.91 Å². The predicted molar refractivity (Wildman–Crippen MR) is 88.2 cm³/mol. The molecule has 0 radical (unpaired) electrons. The second-order valence-corrected chi connectivity index (χ2v) is 5.36. The Morgan fingerprint density at radius 2 is 2.17 bits per heavy atom.